The summed E-state index contributed by atoms with van der Waals surface area (Å²) in [4.78, 5) is 0. The maximum Gasteiger partial charge on any atom is 0.0208 e. The van der Waals surface area contributed by atoms with E-state index in [1.807, 2.05) is 0 Å². The van der Waals surface area contributed by atoms with E-state index >= 15 is 0 Å². The van der Waals surface area contributed by atoms with Gasteiger partial charge in [0.25, 0.3) is 0 Å². The van der Waals surface area contributed by atoms with Crippen LogP contribution in [0.5, 0.6) is 0 Å². The topological polar surface area (TPSA) is 12.0 Å². The molecule has 0 radical (unpaired) electrons. The van der Waals surface area contributed by atoms with Crippen molar-refractivity contribution in [2.75, 3.05) is 6.54 Å². The standard InChI is InChI=1S/C11H17N/c1-4-12-8-11-7-9(2)5-6-10(11)3/h5-7,12H,4,8H2,1-3H3. The Bertz CT molecular complexity index is 253. The van der Waals surface area contributed by atoms with Gasteiger partial charge in [0.05, 0.1) is 0 Å². The summed E-state index contributed by atoms with van der Waals surface area (Å²) >= 11 is 0. The van der Waals surface area contributed by atoms with Crippen molar-refractivity contribution < 1.29 is 0 Å². The van der Waals surface area contributed by atoms with E-state index in [1.54, 1.807) is 0 Å². The quantitative estimate of drug-likeness (QED) is 0.721. The van der Waals surface area contributed by atoms with E-state index in [0.717, 1.165) is 13.1 Å². The second-order valence-electron chi connectivity index (χ2n) is 3.21. The van der Waals surface area contributed by atoms with Crippen molar-refractivity contribution in [1.82, 2.24) is 5.32 Å². The molecular weight excluding hydrogens is 146 g/mol. The molecule has 0 atom stereocenters. The Balaban J connectivity index is 2.75. The zero-order chi connectivity index (χ0) is 8.97. The van der Waals surface area contributed by atoms with Crippen LogP contribution < -0.4 is 5.32 Å². The first kappa shape index (κ1) is 9.27. The summed E-state index contributed by atoms with van der Waals surface area (Å²) in [6, 6.07) is 6.59. The third-order valence-electron chi connectivity index (χ3n) is 2.07. The van der Waals surface area contributed by atoms with Crippen molar-refractivity contribution in [2.45, 2.75) is 27.3 Å². The van der Waals surface area contributed by atoms with Gasteiger partial charge >= 0.3 is 0 Å². The van der Waals surface area contributed by atoms with Crippen LogP contribution in [0.25, 0.3) is 0 Å². The van der Waals surface area contributed by atoms with Gasteiger partial charge in [-0.3, -0.25) is 0 Å². The van der Waals surface area contributed by atoms with Gasteiger partial charge in [0, 0.05) is 6.54 Å². The van der Waals surface area contributed by atoms with E-state index in [9.17, 15) is 0 Å². The van der Waals surface area contributed by atoms with Crippen LogP contribution in [0, 0.1) is 13.8 Å². The molecule has 0 saturated carbocycles. The Labute approximate surface area is 74.8 Å². The van der Waals surface area contributed by atoms with Crippen LogP contribution in [0.4, 0.5) is 0 Å². The molecule has 0 aliphatic rings. The minimum Gasteiger partial charge on any atom is -0.313 e. The van der Waals surface area contributed by atoms with Crippen molar-refractivity contribution in [3.05, 3.63) is 34.9 Å². The molecule has 0 spiro atoms. The molecule has 1 N–H and O–H groups in total. The minimum atomic E-state index is 0.990. The molecule has 1 aromatic carbocycles. The van der Waals surface area contributed by atoms with Crippen molar-refractivity contribution in [1.29, 1.82) is 0 Å². The zero-order valence-electron chi connectivity index (χ0n) is 8.15. The highest BCUT2D eigenvalue weighted by Crippen LogP contribution is 2.09. The van der Waals surface area contributed by atoms with Crippen LogP contribution in [0.3, 0.4) is 0 Å². The smallest absolute Gasteiger partial charge is 0.0208 e. The van der Waals surface area contributed by atoms with Gasteiger partial charge in [0.2, 0.25) is 0 Å². The van der Waals surface area contributed by atoms with Crippen LogP contribution in [-0.2, 0) is 6.54 Å². The fourth-order valence-corrected chi connectivity index (χ4v) is 1.25. The summed E-state index contributed by atoms with van der Waals surface area (Å²) in [7, 11) is 0. The average molecular weight is 163 g/mol. The first-order valence-electron chi connectivity index (χ1n) is 4.51. The average Bonchev–Trinajstić information content (AvgIpc) is 2.07. The van der Waals surface area contributed by atoms with Crippen LogP contribution in [-0.4, -0.2) is 6.54 Å². The van der Waals surface area contributed by atoms with Crippen LogP contribution in [0.2, 0.25) is 0 Å². The van der Waals surface area contributed by atoms with E-state index in [1.165, 1.54) is 16.7 Å². The van der Waals surface area contributed by atoms with Gasteiger partial charge in [-0.15, -0.1) is 0 Å². The van der Waals surface area contributed by atoms with Crippen LogP contribution in [0.15, 0.2) is 18.2 Å². The molecule has 0 heterocycles. The van der Waals surface area contributed by atoms with Gasteiger partial charge in [-0.05, 0) is 31.5 Å². The lowest BCUT2D eigenvalue weighted by molar-refractivity contribution is 0.723. The number of aryl methyl sites for hydroxylation is 2. The summed E-state index contributed by atoms with van der Waals surface area (Å²) in [5.41, 5.74) is 4.13. The lowest BCUT2D eigenvalue weighted by Crippen LogP contribution is -2.12. The number of hydrogen-bond donors (Lipinski definition) is 1. The molecule has 0 amide bonds. The summed E-state index contributed by atoms with van der Waals surface area (Å²) in [6.07, 6.45) is 0. The highest BCUT2D eigenvalue weighted by molar-refractivity contribution is 5.30. The predicted molar refractivity (Wildman–Crippen MR) is 53.3 cm³/mol. The molecule has 0 unspecified atom stereocenters. The molecule has 0 bridgehead atoms. The molecular formula is C11H17N. The van der Waals surface area contributed by atoms with E-state index in [2.05, 4.69) is 44.3 Å². The molecule has 0 aromatic heterocycles. The summed E-state index contributed by atoms with van der Waals surface area (Å²) in [5, 5.41) is 3.33. The maximum absolute atomic E-state index is 3.33. The molecule has 0 saturated heterocycles. The monoisotopic (exact) mass is 163 g/mol. The Hall–Kier alpha value is -0.820. The van der Waals surface area contributed by atoms with E-state index in [4.69, 9.17) is 0 Å². The second-order valence-corrected chi connectivity index (χ2v) is 3.21. The first-order valence-corrected chi connectivity index (χ1v) is 4.51. The highest BCUT2D eigenvalue weighted by Gasteiger charge is 1.96. The van der Waals surface area contributed by atoms with E-state index < -0.39 is 0 Å². The van der Waals surface area contributed by atoms with Gasteiger partial charge in [-0.2, -0.15) is 0 Å². The molecule has 1 nitrogen and oxygen atoms in total. The van der Waals surface area contributed by atoms with Crippen molar-refractivity contribution in [3.63, 3.8) is 0 Å². The first-order chi connectivity index (χ1) is 5.74. The molecule has 66 valence electrons. The van der Waals surface area contributed by atoms with Crippen molar-refractivity contribution in [3.8, 4) is 0 Å². The fourth-order valence-electron chi connectivity index (χ4n) is 1.25. The Morgan fingerprint density at radius 2 is 2.00 bits per heavy atom. The molecule has 12 heavy (non-hydrogen) atoms. The maximum atomic E-state index is 3.33. The Kier molecular flexibility index (Phi) is 3.30. The summed E-state index contributed by atoms with van der Waals surface area (Å²) < 4.78 is 0. The minimum absolute atomic E-state index is 0.990. The number of benzene rings is 1. The van der Waals surface area contributed by atoms with E-state index in [0.29, 0.717) is 0 Å². The Morgan fingerprint density at radius 1 is 1.25 bits per heavy atom. The zero-order valence-corrected chi connectivity index (χ0v) is 8.15. The van der Waals surface area contributed by atoms with Crippen LogP contribution >= 0.6 is 0 Å². The highest BCUT2D eigenvalue weighted by atomic mass is 14.8. The fraction of sp³-hybridized carbons (Fsp3) is 0.455. The summed E-state index contributed by atoms with van der Waals surface area (Å²) in [5.74, 6) is 0. The number of nitrogens with one attached hydrogen (secondary N) is 1. The molecule has 1 heteroatoms. The normalized spacial score (nSPS) is 10.2. The number of rotatable bonds is 3. The predicted octanol–water partition coefficient (Wildman–Crippen LogP) is 2.41. The van der Waals surface area contributed by atoms with Gasteiger partial charge in [-0.1, -0.05) is 30.7 Å². The van der Waals surface area contributed by atoms with Gasteiger partial charge in [0.15, 0.2) is 0 Å². The third-order valence-corrected chi connectivity index (χ3v) is 2.07. The number of hydrogen-bond acceptors (Lipinski definition) is 1. The molecule has 1 rings (SSSR count). The third kappa shape index (κ3) is 2.35. The Morgan fingerprint density at radius 3 is 2.67 bits per heavy atom. The van der Waals surface area contributed by atoms with E-state index in [-0.39, 0.29) is 0 Å². The molecule has 1 aromatic rings. The van der Waals surface area contributed by atoms with Crippen LogP contribution in [0.1, 0.15) is 23.6 Å². The lowest BCUT2D eigenvalue weighted by atomic mass is 10.1. The summed E-state index contributed by atoms with van der Waals surface area (Å²) in [6.45, 7) is 8.45. The SMILES string of the molecule is CCNCc1cc(C)ccc1C. The van der Waals surface area contributed by atoms with Crippen molar-refractivity contribution >= 4 is 0 Å². The molecule has 0 fully saturated rings. The van der Waals surface area contributed by atoms with Crippen molar-refractivity contribution in [2.24, 2.45) is 0 Å². The molecule has 0 aliphatic carbocycles. The lowest BCUT2D eigenvalue weighted by Gasteiger charge is -2.06. The van der Waals surface area contributed by atoms with Gasteiger partial charge in [0.1, 0.15) is 0 Å². The second kappa shape index (κ2) is 4.27. The van der Waals surface area contributed by atoms with Gasteiger partial charge < -0.3 is 5.32 Å². The van der Waals surface area contributed by atoms with Gasteiger partial charge in [-0.25, -0.2) is 0 Å². The molecule has 0 aliphatic heterocycles. The largest absolute Gasteiger partial charge is 0.313 e.